The number of aromatic amines is 1. The molecular formula is C27H29N7O6. The van der Waals surface area contributed by atoms with Crippen molar-refractivity contribution in [2.24, 2.45) is 5.41 Å². The summed E-state index contributed by atoms with van der Waals surface area (Å²) in [5, 5.41) is 18.0. The van der Waals surface area contributed by atoms with Crippen molar-refractivity contribution in [3.05, 3.63) is 76.3 Å². The topological polar surface area (TPSA) is 188 Å². The maximum Gasteiger partial charge on any atom is 0.346 e. The van der Waals surface area contributed by atoms with E-state index in [-0.39, 0.29) is 34.7 Å². The predicted octanol–water partition coefficient (Wildman–Crippen LogP) is 3.21. The molecule has 40 heavy (non-hydrogen) atoms. The first-order chi connectivity index (χ1) is 18.8. The molecule has 0 radical (unpaired) electrons. The van der Waals surface area contributed by atoms with Crippen LogP contribution in [-0.2, 0) is 14.4 Å². The Morgan fingerprint density at radius 2 is 1.68 bits per heavy atom. The van der Waals surface area contributed by atoms with E-state index >= 15 is 0 Å². The van der Waals surface area contributed by atoms with Crippen LogP contribution in [0.2, 0.25) is 0 Å². The molecule has 0 aliphatic heterocycles. The number of aromatic hydroxyl groups is 1. The fourth-order valence-electron chi connectivity index (χ4n) is 2.87. The number of rotatable bonds is 8. The highest BCUT2D eigenvalue weighted by atomic mass is 16.5. The van der Waals surface area contributed by atoms with Gasteiger partial charge in [-0.15, -0.1) is 0 Å². The van der Waals surface area contributed by atoms with Crippen LogP contribution in [0.3, 0.4) is 0 Å². The van der Waals surface area contributed by atoms with Crippen molar-refractivity contribution in [1.29, 1.82) is 0 Å². The number of hydrogen-bond donors (Lipinski definition) is 5. The first-order valence-electron chi connectivity index (χ1n) is 12.0. The molecule has 208 valence electrons. The van der Waals surface area contributed by atoms with E-state index < -0.39 is 22.9 Å². The Bertz CT molecular complexity index is 1540. The number of hydrogen-bond acceptors (Lipinski definition) is 9. The van der Waals surface area contributed by atoms with Crippen LogP contribution in [0.5, 0.6) is 11.5 Å². The van der Waals surface area contributed by atoms with E-state index in [1.165, 1.54) is 56.1 Å². The van der Waals surface area contributed by atoms with Crippen LogP contribution in [0.1, 0.15) is 40.2 Å². The highest BCUT2D eigenvalue weighted by molar-refractivity contribution is 6.06. The third-order valence-corrected chi connectivity index (χ3v) is 5.17. The maximum atomic E-state index is 12.6. The molecule has 3 heterocycles. The summed E-state index contributed by atoms with van der Waals surface area (Å²) < 4.78 is 5.45. The van der Waals surface area contributed by atoms with Crippen LogP contribution < -0.4 is 26.4 Å². The quantitative estimate of drug-likeness (QED) is 0.208. The molecule has 0 bridgehead atoms. The van der Waals surface area contributed by atoms with E-state index in [4.69, 9.17) is 4.74 Å². The number of pyridine rings is 2. The van der Waals surface area contributed by atoms with Crippen LogP contribution in [-0.4, -0.2) is 42.8 Å². The van der Waals surface area contributed by atoms with Gasteiger partial charge in [0.1, 0.15) is 17.4 Å². The lowest BCUT2D eigenvalue weighted by molar-refractivity contribution is -0.123. The summed E-state index contributed by atoms with van der Waals surface area (Å²) in [4.78, 5) is 62.2. The lowest BCUT2D eigenvalue weighted by Gasteiger charge is -2.17. The number of amides is 3. The Labute approximate surface area is 229 Å². The largest absolute Gasteiger partial charge is 0.504 e. The number of nitrogens with zero attached hydrogens (tertiary/aromatic N) is 3. The minimum absolute atomic E-state index is 0.0291. The van der Waals surface area contributed by atoms with E-state index in [1.54, 1.807) is 33.8 Å². The van der Waals surface area contributed by atoms with Crippen molar-refractivity contribution >= 4 is 41.3 Å². The van der Waals surface area contributed by atoms with Gasteiger partial charge in [0.05, 0.1) is 12.5 Å². The molecule has 0 aliphatic carbocycles. The number of carbonyl (C=O) groups excluding carboxylic acids is 3. The Morgan fingerprint density at radius 1 is 0.950 bits per heavy atom. The first-order valence-corrected chi connectivity index (χ1v) is 12.0. The standard InChI is InChI=1S/C27H29N7O6/c1-15(10-17-11-19(35)22(30-12-17)34-25(38)27(3,4)5)23(36)31-20-7-6-18(13-29-20)40-14-16(2)24(37)32-21-8-9-28-26(39)33-21/h6-14,35H,1-5H3,(H,29,31,36)(H,30,34,38)(H2,28,32,33,37,39)/b15-10+,16-14+. The fraction of sp³-hybridized carbons (Fsp3) is 0.222. The van der Waals surface area contributed by atoms with Gasteiger partial charge in [-0.3, -0.25) is 19.4 Å². The Morgan fingerprint density at radius 3 is 2.30 bits per heavy atom. The second kappa shape index (κ2) is 12.5. The molecule has 0 saturated carbocycles. The van der Waals surface area contributed by atoms with Crippen LogP contribution in [0, 0.1) is 5.41 Å². The highest BCUT2D eigenvalue weighted by Crippen LogP contribution is 2.25. The Hall–Kier alpha value is -5.33. The van der Waals surface area contributed by atoms with Gasteiger partial charge >= 0.3 is 5.69 Å². The van der Waals surface area contributed by atoms with Crippen molar-refractivity contribution in [2.75, 3.05) is 16.0 Å². The van der Waals surface area contributed by atoms with Crippen LogP contribution in [0.25, 0.3) is 6.08 Å². The summed E-state index contributed by atoms with van der Waals surface area (Å²) in [6.45, 7) is 8.33. The molecule has 0 saturated heterocycles. The Balaban J connectivity index is 1.57. The minimum Gasteiger partial charge on any atom is -0.504 e. The van der Waals surface area contributed by atoms with Gasteiger partial charge in [0.25, 0.3) is 11.8 Å². The average molecular weight is 548 g/mol. The average Bonchev–Trinajstić information content (AvgIpc) is 2.89. The summed E-state index contributed by atoms with van der Waals surface area (Å²) in [6.07, 6.45) is 6.80. The number of carbonyl (C=O) groups is 3. The van der Waals surface area contributed by atoms with Crippen molar-refractivity contribution in [2.45, 2.75) is 34.6 Å². The molecule has 3 aromatic heterocycles. The van der Waals surface area contributed by atoms with E-state index in [0.717, 1.165) is 0 Å². The molecule has 0 aromatic carbocycles. The first kappa shape index (κ1) is 29.2. The molecule has 0 atom stereocenters. The molecule has 0 aliphatic rings. The molecule has 3 rings (SSSR count). The van der Waals surface area contributed by atoms with Crippen molar-refractivity contribution < 1.29 is 24.2 Å². The zero-order valence-electron chi connectivity index (χ0n) is 22.5. The lowest BCUT2D eigenvalue weighted by atomic mass is 9.96. The molecule has 0 unspecified atom stereocenters. The van der Waals surface area contributed by atoms with Gasteiger partial charge in [0.15, 0.2) is 11.6 Å². The van der Waals surface area contributed by atoms with Gasteiger partial charge in [-0.1, -0.05) is 20.8 Å². The Kier molecular flexibility index (Phi) is 9.12. The second-order valence-electron chi connectivity index (χ2n) is 9.66. The zero-order chi connectivity index (χ0) is 29.4. The number of nitrogens with one attached hydrogen (secondary N) is 4. The molecule has 0 spiro atoms. The van der Waals surface area contributed by atoms with Crippen molar-refractivity contribution in [3.63, 3.8) is 0 Å². The molecule has 13 nitrogen and oxygen atoms in total. The maximum absolute atomic E-state index is 12.6. The molecule has 5 N–H and O–H groups in total. The summed E-state index contributed by atoms with van der Waals surface area (Å²) in [5.41, 5.74) is -0.253. The number of aromatic nitrogens is 4. The van der Waals surface area contributed by atoms with Gasteiger partial charge < -0.3 is 25.8 Å². The number of H-pyrrole nitrogens is 1. The van der Waals surface area contributed by atoms with Gasteiger partial charge in [-0.25, -0.2) is 19.7 Å². The fourth-order valence-corrected chi connectivity index (χ4v) is 2.87. The van der Waals surface area contributed by atoms with E-state index in [2.05, 4.69) is 35.9 Å². The highest BCUT2D eigenvalue weighted by Gasteiger charge is 2.22. The van der Waals surface area contributed by atoms with Crippen LogP contribution in [0.4, 0.5) is 17.5 Å². The van der Waals surface area contributed by atoms with Gasteiger partial charge in [-0.2, -0.15) is 0 Å². The summed E-state index contributed by atoms with van der Waals surface area (Å²) >= 11 is 0. The minimum atomic E-state index is -0.657. The van der Waals surface area contributed by atoms with E-state index in [0.29, 0.717) is 16.9 Å². The van der Waals surface area contributed by atoms with E-state index in [9.17, 15) is 24.3 Å². The zero-order valence-corrected chi connectivity index (χ0v) is 22.5. The molecule has 13 heteroatoms. The van der Waals surface area contributed by atoms with Crippen LogP contribution in [0.15, 0.2) is 65.1 Å². The molecule has 3 amide bonds. The summed E-state index contributed by atoms with van der Waals surface area (Å²) in [7, 11) is 0. The third kappa shape index (κ3) is 8.34. The van der Waals surface area contributed by atoms with Gasteiger partial charge in [0.2, 0.25) is 5.91 Å². The smallest absolute Gasteiger partial charge is 0.346 e. The third-order valence-electron chi connectivity index (χ3n) is 5.17. The van der Waals surface area contributed by atoms with Crippen molar-refractivity contribution in [3.8, 4) is 11.5 Å². The molecule has 3 aromatic rings. The molecule has 0 fully saturated rings. The van der Waals surface area contributed by atoms with Gasteiger partial charge in [0, 0.05) is 29.0 Å². The van der Waals surface area contributed by atoms with E-state index in [1.807, 2.05) is 0 Å². The summed E-state index contributed by atoms with van der Waals surface area (Å²) in [5.74, 6) is -0.664. The number of ether oxygens (including phenoxy) is 1. The SMILES string of the molecule is C/C(=C\c1cnc(NC(=O)C(C)(C)C)c(O)c1)C(=O)Nc1ccc(O/C=C(\C)C(=O)Nc2ccnc(=O)[nH]2)cn1. The van der Waals surface area contributed by atoms with Gasteiger partial charge in [-0.05, 0) is 49.8 Å². The normalized spacial score (nSPS) is 11.9. The lowest BCUT2D eigenvalue weighted by Crippen LogP contribution is -2.28. The van der Waals surface area contributed by atoms with Crippen LogP contribution >= 0.6 is 0 Å². The number of anilines is 3. The second-order valence-corrected chi connectivity index (χ2v) is 9.66. The van der Waals surface area contributed by atoms with Crippen molar-refractivity contribution in [1.82, 2.24) is 19.9 Å². The summed E-state index contributed by atoms with van der Waals surface area (Å²) in [6, 6.07) is 5.90. The molecular weight excluding hydrogens is 518 g/mol. The monoisotopic (exact) mass is 547 g/mol. The predicted molar refractivity (Wildman–Crippen MR) is 148 cm³/mol.